The van der Waals surface area contributed by atoms with E-state index in [1.165, 1.54) is 6.08 Å². The van der Waals surface area contributed by atoms with Gasteiger partial charge in [-0.25, -0.2) is 0 Å². The van der Waals surface area contributed by atoms with Gasteiger partial charge in [-0.15, -0.1) is 0 Å². The van der Waals surface area contributed by atoms with Crippen molar-refractivity contribution in [1.82, 2.24) is 0 Å². The summed E-state index contributed by atoms with van der Waals surface area (Å²) in [4.78, 5) is 0. The van der Waals surface area contributed by atoms with Crippen molar-refractivity contribution in [1.29, 1.82) is 0 Å². The van der Waals surface area contributed by atoms with E-state index in [0.29, 0.717) is 5.33 Å². The van der Waals surface area contributed by atoms with E-state index >= 15 is 0 Å². The second-order valence-corrected chi connectivity index (χ2v) is 1.17. The minimum atomic E-state index is 0.663. The van der Waals surface area contributed by atoms with Gasteiger partial charge in [-0.3, -0.25) is 5.11 Å². The highest BCUT2D eigenvalue weighted by atomic mass is 79.9. The molecule has 0 saturated carbocycles. The summed E-state index contributed by atoms with van der Waals surface area (Å²) in [5.41, 5.74) is 0. The summed E-state index contributed by atoms with van der Waals surface area (Å²) in [5.74, 6) is 0. The van der Waals surface area contributed by atoms with Crippen molar-refractivity contribution in [2.75, 3.05) is 5.33 Å². The smallest absolute Gasteiger partial charge is 0.139 e. The van der Waals surface area contributed by atoms with Gasteiger partial charge in [0, 0.05) is 5.33 Å². The van der Waals surface area contributed by atoms with E-state index in [1.54, 1.807) is 0 Å². The van der Waals surface area contributed by atoms with E-state index in [0.717, 1.165) is 6.26 Å². The van der Waals surface area contributed by atoms with Crippen molar-refractivity contribution in [2.45, 2.75) is 0 Å². The molecule has 0 spiro atoms. The highest BCUT2D eigenvalue weighted by Crippen LogP contribution is 1.76. The Hall–Kier alpha value is 0.0200. The molecule has 0 aromatic rings. The Kier molecular flexibility index (Phi) is 4.04. The molecule has 0 rings (SSSR count). The lowest BCUT2D eigenvalue weighted by molar-refractivity contribution is 0.351. The van der Waals surface area contributed by atoms with E-state index in [1.807, 2.05) is 0 Å². The fourth-order valence-corrected chi connectivity index (χ4v) is 0.189. The molecular weight excluding hydrogens is 132 g/mol. The maximum atomic E-state index is 9.32. The molecule has 0 aliphatic rings. The predicted molar refractivity (Wildman–Crippen MR) is 23.6 cm³/mol. The first-order chi connectivity index (χ1) is 2.41. The number of hydrogen-bond acceptors (Lipinski definition) is 0. The molecule has 29 valence electrons. The van der Waals surface area contributed by atoms with Gasteiger partial charge in [0.2, 0.25) is 0 Å². The van der Waals surface area contributed by atoms with Gasteiger partial charge in [-0.1, -0.05) is 15.9 Å². The van der Waals surface area contributed by atoms with Crippen LogP contribution in [0.15, 0.2) is 12.3 Å². The zero-order chi connectivity index (χ0) is 4.12. The van der Waals surface area contributed by atoms with Crippen molar-refractivity contribution < 1.29 is 5.11 Å². The topological polar surface area (TPSA) is 19.9 Å². The Bertz CT molecular complexity index is 33.9. The number of alkyl halides is 1. The number of halogens is 1. The van der Waals surface area contributed by atoms with Crippen LogP contribution in [0.5, 0.6) is 0 Å². The molecule has 0 aliphatic heterocycles. The third-order valence-electron chi connectivity index (χ3n) is 0.185. The van der Waals surface area contributed by atoms with Crippen LogP contribution < -0.4 is 0 Å². The Morgan fingerprint density at radius 1 is 1.80 bits per heavy atom. The summed E-state index contributed by atoms with van der Waals surface area (Å²) >= 11 is 3.02. The monoisotopic (exact) mass is 135 g/mol. The van der Waals surface area contributed by atoms with Crippen LogP contribution in [0.4, 0.5) is 0 Å². The Morgan fingerprint density at radius 2 is 2.40 bits per heavy atom. The Balaban J connectivity index is 2.62. The molecule has 0 bridgehead atoms. The molecule has 0 aromatic heterocycles. The highest BCUT2D eigenvalue weighted by molar-refractivity contribution is 9.09. The molecular formula is C3H4BrO. The van der Waals surface area contributed by atoms with Crippen molar-refractivity contribution in [3.8, 4) is 0 Å². The van der Waals surface area contributed by atoms with Crippen LogP contribution in [0.25, 0.3) is 0 Å². The fraction of sp³-hybridized carbons (Fsp3) is 0.333. The first-order valence-electron chi connectivity index (χ1n) is 1.24. The van der Waals surface area contributed by atoms with E-state index in [4.69, 9.17) is 0 Å². The van der Waals surface area contributed by atoms with Gasteiger partial charge in [0.25, 0.3) is 0 Å². The molecule has 1 nitrogen and oxygen atoms in total. The van der Waals surface area contributed by atoms with Crippen LogP contribution in [0.1, 0.15) is 0 Å². The maximum Gasteiger partial charge on any atom is 0.139 e. The molecule has 2 heteroatoms. The third-order valence-corrected chi connectivity index (χ3v) is 0.559. The van der Waals surface area contributed by atoms with Crippen molar-refractivity contribution >= 4 is 15.9 Å². The summed E-state index contributed by atoms with van der Waals surface area (Å²) in [7, 11) is 0. The zero-order valence-electron chi connectivity index (χ0n) is 2.65. The van der Waals surface area contributed by atoms with Crippen LogP contribution >= 0.6 is 15.9 Å². The molecule has 0 fully saturated rings. The molecule has 0 N–H and O–H groups in total. The number of hydrogen-bond donors (Lipinski definition) is 0. The zero-order valence-corrected chi connectivity index (χ0v) is 4.23. The lowest BCUT2D eigenvalue weighted by atomic mass is 10.7. The van der Waals surface area contributed by atoms with Crippen molar-refractivity contribution in [2.24, 2.45) is 0 Å². The predicted octanol–water partition coefficient (Wildman–Crippen LogP) is 1.33. The normalized spacial score (nSPS) is 9.80. The average Bonchev–Trinajstić information content (AvgIpc) is 1.41. The highest BCUT2D eigenvalue weighted by Gasteiger charge is 1.58. The second kappa shape index (κ2) is 4.02. The first-order valence-corrected chi connectivity index (χ1v) is 2.37. The fourth-order valence-electron chi connectivity index (χ4n) is 0.0364. The van der Waals surface area contributed by atoms with Crippen LogP contribution in [0.3, 0.4) is 0 Å². The molecule has 0 aromatic carbocycles. The SMILES string of the molecule is [O]/C=C\CBr. The lowest BCUT2D eigenvalue weighted by Gasteiger charge is -1.60. The summed E-state index contributed by atoms with van der Waals surface area (Å²) in [6.45, 7) is 0. The van der Waals surface area contributed by atoms with Crippen LogP contribution in [0.2, 0.25) is 0 Å². The summed E-state index contributed by atoms with van der Waals surface area (Å²) in [5, 5.41) is 9.98. The van der Waals surface area contributed by atoms with Gasteiger partial charge in [-0.2, -0.15) is 0 Å². The third kappa shape index (κ3) is 4.02. The Labute approximate surface area is 39.4 Å². The van der Waals surface area contributed by atoms with Gasteiger partial charge in [0.05, 0.1) is 0 Å². The summed E-state index contributed by atoms with van der Waals surface area (Å²) in [6.07, 6.45) is 2.24. The van der Waals surface area contributed by atoms with Gasteiger partial charge in [0.1, 0.15) is 6.26 Å². The molecule has 0 saturated heterocycles. The van der Waals surface area contributed by atoms with E-state index in [2.05, 4.69) is 15.9 Å². The molecule has 0 heterocycles. The van der Waals surface area contributed by atoms with Gasteiger partial charge in [-0.05, 0) is 6.08 Å². The summed E-state index contributed by atoms with van der Waals surface area (Å²) in [6, 6.07) is 0. The first kappa shape index (κ1) is 5.02. The van der Waals surface area contributed by atoms with Gasteiger partial charge < -0.3 is 0 Å². The maximum absolute atomic E-state index is 9.32. The molecule has 0 atom stereocenters. The van der Waals surface area contributed by atoms with Gasteiger partial charge in [0.15, 0.2) is 0 Å². The second-order valence-electron chi connectivity index (χ2n) is 0.526. The van der Waals surface area contributed by atoms with Crippen molar-refractivity contribution in [3.05, 3.63) is 12.3 Å². The molecule has 0 aliphatic carbocycles. The standard InChI is InChI=1S/C3H4BrO/c4-2-1-3-5/h1,3H,2H2/b3-1-. The Morgan fingerprint density at radius 3 is 2.40 bits per heavy atom. The van der Waals surface area contributed by atoms with Crippen molar-refractivity contribution in [3.63, 3.8) is 0 Å². The lowest BCUT2D eigenvalue weighted by Crippen LogP contribution is -1.51. The molecule has 0 unspecified atom stereocenters. The minimum absolute atomic E-state index is 0.663. The quantitative estimate of drug-likeness (QED) is 0.382. The van der Waals surface area contributed by atoms with Crippen LogP contribution in [-0.4, -0.2) is 5.33 Å². The molecule has 1 radical (unpaired) electrons. The summed E-state index contributed by atoms with van der Waals surface area (Å²) < 4.78 is 0. The number of rotatable bonds is 1. The number of allylic oxidation sites excluding steroid dienone is 1. The van der Waals surface area contributed by atoms with E-state index in [9.17, 15) is 5.11 Å². The largest absolute Gasteiger partial charge is 0.299 e. The van der Waals surface area contributed by atoms with Crippen LogP contribution in [-0.2, 0) is 5.11 Å². The van der Waals surface area contributed by atoms with Crippen LogP contribution in [0, 0.1) is 0 Å². The molecule has 0 amide bonds. The van der Waals surface area contributed by atoms with Gasteiger partial charge >= 0.3 is 0 Å². The average molecular weight is 136 g/mol. The van der Waals surface area contributed by atoms with E-state index in [-0.39, 0.29) is 0 Å². The van der Waals surface area contributed by atoms with E-state index < -0.39 is 0 Å². The minimum Gasteiger partial charge on any atom is -0.299 e. The molecule has 5 heavy (non-hydrogen) atoms.